The van der Waals surface area contributed by atoms with Crippen LogP contribution < -0.4 is 5.32 Å². The topological polar surface area (TPSA) is 29.1 Å². The van der Waals surface area contributed by atoms with Crippen LogP contribution in [0.2, 0.25) is 0 Å². The maximum absolute atomic E-state index is 12.7. The zero-order chi connectivity index (χ0) is 10.5. The van der Waals surface area contributed by atoms with Crippen molar-refractivity contribution in [3.8, 4) is 0 Å². The van der Waals surface area contributed by atoms with Gasteiger partial charge in [0, 0.05) is 0 Å². The lowest BCUT2D eigenvalue weighted by Crippen LogP contribution is -2.64. The summed E-state index contributed by atoms with van der Waals surface area (Å²) < 4.78 is 12.7. The first-order valence-corrected chi connectivity index (χ1v) is 5.29. The fourth-order valence-electron chi connectivity index (χ4n) is 2.60. The second-order valence-electron chi connectivity index (χ2n) is 4.47. The van der Waals surface area contributed by atoms with E-state index < -0.39 is 0 Å². The lowest BCUT2D eigenvalue weighted by molar-refractivity contribution is -0.155. The Labute approximate surface area is 87.5 Å². The highest BCUT2D eigenvalue weighted by Crippen LogP contribution is 2.55. The van der Waals surface area contributed by atoms with Gasteiger partial charge < -0.3 is 5.32 Å². The van der Waals surface area contributed by atoms with E-state index in [0.717, 1.165) is 24.8 Å². The van der Waals surface area contributed by atoms with Crippen molar-refractivity contribution in [2.24, 2.45) is 5.41 Å². The molecule has 2 aliphatic rings. The molecule has 2 fully saturated rings. The van der Waals surface area contributed by atoms with Gasteiger partial charge >= 0.3 is 0 Å². The van der Waals surface area contributed by atoms with E-state index >= 15 is 0 Å². The maximum Gasteiger partial charge on any atom is 0.229 e. The summed E-state index contributed by atoms with van der Waals surface area (Å²) in [6, 6.07) is 6.54. The molecule has 78 valence electrons. The molecule has 1 saturated carbocycles. The number of amides is 1. The van der Waals surface area contributed by atoms with Crippen molar-refractivity contribution in [2.45, 2.75) is 25.3 Å². The van der Waals surface area contributed by atoms with Crippen LogP contribution in [0.4, 0.5) is 4.39 Å². The van der Waals surface area contributed by atoms with E-state index in [1.165, 1.54) is 12.1 Å². The first-order valence-electron chi connectivity index (χ1n) is 5.29. The van der Waals surface area contributed by atoms with Gasteiger partial charge in [0.2, 0.25) is 5.91 Å². The quantitative estimate of drug-likeness (QED) is 0.699. The second kappa shape index (κ2) is 2.81. The van der Waals surface area contributed by atoms with E-state index in [1.807, 2.05) is 0 Å². The minimum Gasteiger partial charge on any atom is -0.348 e. The molecule has 1 amide bonds. The van der Waals surface area contributed by atoms with Crippen molar-refractivity contribution in [3.05, 3.63) is 35.6 Å². The number of nitrogens with one attached hydrogen (secondary N) is 1. The van der Waals surface area contributed by atoms with Crippen LogP contribution in [0.3, 0.4) is 0 Å². The molecule has 3 heteroatoms. The van der Waals surface area contributed by atoms with E-state index in [-0.39, 0.29) is 23.2 Å². The number of rotatable bonds is 1. The molecule has 1 spiro atoms. The van der Waals surface area contributed by atoms with E-state index in [9.17, 15) is 9.18 Å². The van der Waals surface area contributed by atoms with Crippen molar-refractivity contribution in [1.29, 1.82) is 0 Å². The highest BCUT2D eigenvalue weighted by atomic mass is 19.1. The molecule has 0 unspecified atom stereocenters. The van der Waals surface area contributed by atoms with Crippen LogP contribution in [-0.4, -0.2) is 5.91 Å². The summed E-state index contributed by atoms with van der Waals surface area (Å²) in [5.74, 6) is -0.0601. The maximum atomic E-state index is 12.7. The van der Waals surface area contributed by atoms with E-state index in [0.29, 0.717) is 0 Å². The Morgan fingerprint density at radius 3 is 2.40 bits per heavy atom. The number of hydrogen-bond donors (Lipinski definition) is 1. The number of hydrogen-bond acceptors (Lipinski definition) is 1. The summed E-state index contributed by atoms with van der Waals surface area (Å²) in [5.41, 5.74) is 0.869. The van der Waals surface area contributed by atoms with Crippen molar-refractivity contribution < 1.29 is 9.18 Å². The minimum atomic E-state index is -0.230. The smallest absolute Gasteiger partial charge is 0.229 e. The standard InChI is InChI=1S/C12H12FNO/c13-9-4-2-8(3-5-9)10-12(6-1-7-12)11(15)14-10/h2-5,10H,1,6-7H2,(H,14,15)/t10-/m1/s1. The van der Waals surface area contributed by atoms with Gasteiger partial charge in [-0.1, -0.05) is 18.6 Å². The van der Waals surface area contributed by atoms with Crippen LogP contribution in [0.1, 0.15) is 30.9 Å². The van der Waals surface area contributed by atoms with Gasteiger partial charge in [-0.25, -0.2) is 4.39 Å². The first-order chi connectivity index (χ1) is 7.22. The summed E-state index contributed by atoms with van der Waals surface area (Å²) >= 11 is 0. The zero-order valence-electron chi connectivity index (χ0n) is 8.29. The summed E-state index contributed by atoms with van der Waals surface area (Å²) in [7, 11) is 0. The number of carbonyl (C=O) groups excluding carboxylic acids is 1. The molecular formula is C12H12FNO. The molecule has 1 heterocycles. The normalized spacial score (nSPS) is 26.7. The summed E-state index contributed by atoms with van der Waals surface area (Å²) in [6.07, 6.45) is 3.08. The minimum absolute atomic E-state index is 0.111. The predicted molar refractivity (Wildman–Crippen MR) is 53.6 cm³/mol. The van der Waals surface area contributed by atoms with Crippen LogP contribution in [0, 0.1) is 11.2 Å². The molecule has 1 atom stereocenters. The van der Waals surface area contributed by atoms with Crippen LogP contribution in [-0.2, 0) is 4.79 Å². The van der Waals surface area contributed by atoms with Crippen LogP contribution >= 0.6 is 0 Å². The Morgan fingerprint density at radius 1 is 1.27 bits per heavy atom. The Bertz CT molecular complexity index is 408. The lowest BCUT2D eigenvalue weighted by atomic mass is 9.57. The van der Waals surface area contributed by atoms with Gasteiger partial charge in [0.05, 0.1) is 11.5 Å². The van der Waals surface area contributed by atoms with Gasteiger partial charge in [-0.3, -0.25) is 4.79 Å². The molecule has 0 radical (unpaired) electrons. The van der Waals surface area contributed by atoms with E-state index in [4.69, 9.17) is 0 Å². The highest BCUT2D eigenvalue weighted by Gasteiger charge is 2.58. The summed E-state index contributed by atoms with van der Waals surface area (Å²) in [6.45, 7) is 0. The fraction of sp³-hybridized carbons (Fsp3) is 0.417. The van der Waals surface area contributed by atoms with Gasteiger partial charge in [0.15, 0.2) is 0 Å². The highest BCUT2D eigenvalue weighted by molar-refractivity contribution is 5.91. The van der Waals surface area contributed by atoms with Gasteiger partial charge in [-0.15, -0.1) is 0 Å². The van der Waals surface area contributed by atoms with Gasteiger partial charge in [0.1, 0.15) is 5.82 Å². The molecule has 1 aliphatic heterocycles. The summed E-state index contributed by atoms with van der Waals surface area (Å²) in [5, 5.41) is 2.91. The number of halogens is 1. The Morgan fingerprint density at radius 2 is 1.93 bits per heavy atom. The van der Waals surface area contributed by atoms with Crippen LogP contribution in [0.25, 0.3) is 0 Å². The van der Waals surface area contributed by atoms with Gasteiger partial charge in [-0.2, -0.15) is 0 Å². The number of carbonyl (C=O) groups is 1. The van der Waals surface area contributed by atoms with Crippen molar-refractivity contribution >= 4 is 5.91 Å². The molecule has 2 nitrogen and oxygen atoms in total. The SMILES string of the molecule is O=C1N[C@H](c2ccc(F)cc2)C12CCC2. The zero-order valence-corrected chi connectivity index (χ0v) is 8.29. The first kappa shape index (κ1) is 8.89. The monoisotopic (exact) mass is 205 g/mol. The largest absolute Gasteiger partial charge is 0.348 e. The molecule has 3 rings (SSSR count). The summed E-state index contributed by atoms with van der Waals surface area (Å²) in [4.78, 5) is 11.5. The molecule has 1 N–H and O–H groups in total. The average molecular weight is 205 g/mol. The Hall–Kier alpha value is -1.38. The molecule has 1 aromatic carbocycles. The van der Waals surface area contributed by atoms with E-state index in [1.54, 1.807) is 12.1 Å². The molecule has 1 aromatic rings. The molecule has 1 saturated heterocycles. The molecular weight excluding hydrogens is 193 g/mol. The van der Waals surface area contributed by atoms with Crippen LogP contribution in [0.15, 0.2) is 24.3 Å². The fourth-order valence-corrected chi connectivity index (χ4v) is 2.60. The van der Waals surface area contributed by atoms with Gasteiger partial charge in [-0.05, 0) is 30.5 Å². The predicted octanol–water partition coefficient (Wildman–Crippen LogP) is 2.17. The Kier molecular flexibility index (Phi) is 1.67. The third-order valence-electron chi connectivity index (χ3n) is 3.73. The van der Waals surface area contributed by atoms with Crippen molar-refractivity contribution in [3.63, 3.8) is 0 Å². The number of β-lactam (4-membered cyclic amide) rings is 1. The van der Waals surface area contributed by atoms with Crippen molar-refractivity contribution in [2.75, 3.05) is 0 Å². The van der Waals surface area contributed by atoms with Crippen molar-refractivity contribution in [1.82, 2.24) is 5.32 Å². The third kappa shape index (κ3) is 1.06. The second-order valence-corrected chi connectivity index (χ2v) is 4.47. The lowest BCUT2D eigenvalue weighted by Gasteiger charge is -2.54. The molecule has 0 bridgehead atoms. The van der Waals surface area contributed by atoms with E-state index in [2.05, 4.69) is 5.32 Å². The van der Waals surface area contributed by atoms with Crippen LogP contribution in [0.5, 0.6) is 0 Å². The number of benzene rings is 1. The third-order valence-corrected chi connectivity index (χ3v) is 3.73. The molecule has 1 aliphatic carbocycles. The van der Waals surface area contributed by atoms with Gasteiger partial charge in [0.25, 0.3) is 0 Å². The molecule has 15 heavy (non-hydrogen) atoms. The average Bonchev–Trinajstić information content (AvgIpc) is 2.13. The Balaban J connectivity index is 1.90. The molecule has 0 aromatic heterocycles.